The van der Waals surface area contributed by atoms with Crippen LogP contribution in [0.4, 0.5) is 0 Å². The van der Waals surface area contributed by atoms with E-state index in [0.29, 0.717) is 30.3 Å². The number of nitrogens with zero attached hydrogens (tertiary/aromatic N) is 1. The second-order valence-corrected chi connectivity index (χ2v) is 14.3. The fourth-order valence-electron chi connectivity index (χ4n) is 9.17. The Labute approximate surface area is 235 Å². The van der Waals surface area contributed by atoms with Crippen molar-refractivity contribution in [2.75, 3.05) is 26.2 Å². The van der Waals surface area contributed by atoms with Crippen molar-refractivity contribution in [3.8, 4) is 0 Å². The second-order valence-electron chi connectivity index (χ2n) is 14.3. The topological polar surface area (TPSA) is 49.8 Å². The summed E-state index contributed by atoms with van der Waals surface area (Å²) in [6.45, 7) is 10.2. The predicted octanol–water partition coefficient (Wildman–Crippen LogP) is 8.16. The van der Waals surface area contributed by atoms with Gasteiger partial charge >= 0.3 is 5.97 Å². The number of rotatable bonds is 11. The Morgan fingerprint density at radius 2 is 1.26 bits per heavy atom. The van der Waals surface area contributed by atoms with Crippen LogP contribution in [0.3, 0.4) is 0 Å². The number of esters is 1. The molecule has 4 fully saturated rings. The van der Waals surface area contributed by atoms with Crippen LogP contribution in [0.1, 0.15) is 143 Å². The van der Waals surface area contributed by atoms with Crippen LogP contribution in [-0.4, -0.2) is 47.8 Å². The highest BCUT2D eigenvalue weighted by molar-refractivity contribution is 5.76. The molecular weight excluding hydrogens is 470 g/mol. The third-order valence-electron chi connectivity index (χ3n) is 11.8. The summed E-state index contributed by atoms with van der Waals surface area (Å²) in [5, 5.41) is 12.4. The summed E-state index contributed by atoms with van der Waals surface area (Å²) in [4.78, 5) is 15.1. The number of hydrogen-bond acceptors (Lipinski definition) is 4. The van der Waals surface area contributed by atoms with Gasteiger partial charge in [0.05, 0.1) is 17.6 Å². The van der Waals surface area contributed by atoms with Crippen LogP contribution in [0.5, 0.6) is 0 Å². The zero-order valence-corrected chi connectivity index (χ0v) is 25.4. The second kappa shape index (κ2) is 14.3. The number of unbranched alkanes of at least 4 members (excludes halogenated alkanes) is 1. The van der Waals surface area contributed by atoms with E-state index in [-0.39, 0.29) is 17.0 Å². The van der Waals surface area contributed by atoms with Crippen molar-refractivity contribution in [1.82, 2.24) is 4.90 Å². The van der Waals surface area contributed by atoms with Gasteiger partial charge in [0.2, 0.25) is 0 Å². The first-order valence-corrected chi connectivity index (χ1v) is 17.0. The molecule has 1 aliphatic heterocycles. The first-order chi connectivity index (χ1) is 18.4. The summed E-state index contributed by atoms with van der Waals surface area (Å²) < 4.78 is 5.35. The molecule has 220 valence electrons. The minimum Gasteiger partial charge on any atom is -0.466 e. The minimum absolute atomic E-state index is 0.0110. The van der Waals surface area contributed by atoms with Gasteiger partial charge in [-0.25, -0.2) is 0 Å². The number of hydrogen-bond donors (Lipinski definition) is 1. The van der Waals surface area contributed by atoms with Crippen molar-refractivity contribution < 1.29 is 14.6 Å². The summed E-state index contributed by atoms with van der Waals surface area (Å²) in [5.74, 6) is 2.96. The van der Waals surface area contributed by atoms with Crippen molar-refractivity contribution in [2.45, 2.75) is 148 Å². The van der Waals surface area contributed by atoms with Crippen molar-refractivity contribution >= 4 is 5.97 Å². The molecule has 0 aromatic heterocycles. The van der Waals surface area contributed by atoms with Gasteiger partial charge in [-0.3, -0.25) is 4.79 Å². The largest absolute Gasteiger partial charge is 0.466 e. The Morgan fingerprint density at radius 3 is 1.79 bits per heavy atom. The molecule has 1 saturated heterocycles. The van der Waals surface area contributed by atoms with E-state index in [1.54, 1.807) is 0 Å². The van der Waals surface area contributed by atoms with Gasteiger partial charge in [0, 0.05) is 0 Å². The Morgan fingerprint density at radius 1 is 0.737 bits per heavy atom. The van der Waals surface area contributed by atoms with Gasteiger partial charge in [-0.05, 0) is 128 Å². The van der Waals surface area contributed by atoms with Gasteiger partial charge in [-0.1, -0.05) is 64.2 Å². The van der Waals surface area contributed by atoms with Crippen LogP contribution < -0.4 is 0 Å². The summed E-state index contributed by atoms with van der Waals surface area (Å²) in [6, 6.07) is 0. The van der Waals surface area contributed by atoms with E-state index < -0.39 is 0 Å². The fourth-order valence-corrected chi connectivity index (χ4v) is 9.17. The molecule has 0 amide bonds. The number of ether oxygens (including phenoxy) is 1. The third-order valence-corrected chi connectivity index (χ3v) is 11.8. The normalized spacial score (nSPS) is 27.9. The monoisotopic (exact) mass is 531 g/mol. The Kier molecular flexibility index (Phi) is 11.4. The van der Waals surface area contributed by atoms with Crippen LogP contribution in [0, 0.1) is 35.0 Å². The molecule has 0 unspecified atom stereocenters. The van der Waals surface area contributed by atoms with Crippen molar-refractivity contribution in [1.29, 1.82) is 0 Å². The summed E-state index contributed by atoms with van der Waals surface area (Å²) in [5.41, 5.74) is -0.721. The molecule has 0 aromatic carbocycles. The predicted molar refractivity (Wildman–Crippen MR) is 157 cm³/mol. The highest BCUT2D eigenvalue weighted by Gasteiger charge is 2.49. The molecule has 0 atom stereocenters. The molecular formula is C34H61NO3. The fraction of sp³-hybridized carbons (Fsp3) is 0.971. The molecule has 4 heteroatoms. The lowest BCUT2D eigenvalue weighted by atomic mass is 9.59. The molecule has 3 aliphatic carbocycles. The minimum atomic E-state index is -0.381. The quantitative estimate of drug-likeness (QED) is 0.216. The van der Waals surface area contributed by atoms with Crippen LogP contribution >= 0.6 is 0 Å². The lowest BCUT2D eigenvalue weighted by Gasteiger charge is -2.52. The third kappa shape index (κ3) is 7.36. The van der Waals surface area contributed by atoms with E-state index in [4.69, 9.17) is 4.74 Å². The van der Waals surface area contributed by atoms with Crippen molar-refractivity contribution in [2.24, 2.45) is 35.0 Å². The maximum atomic E-state index is 12.4. The van der Waals surface area contributed by atoms with Gasteiger partial charge in [-0.15, -0.1) is 0 Å². The van der Waals surface area contributed by atoms with E-state index in [1.807, 2.05) is 6.92 Å². The molecule has 0 radical (unpaired) electrons. The molecule has 4 rings (SSSR count). The van der Waals surface area contributed by atoms with E-state index in [0.717, 1.165) is 5.92 Å². The van der Waals surface area contributed by atoms with E-state index in [1.165, 1.54) is 142 Å². The number of piperidine rings is 1. The van der Waals surface area contributed by atoms with Gasteiger partial charge in [0.15, 0.2) is 0 Å². The average Bonchev–Trinajstić information content (AvgIpc) is 2.96. The van der Waals surface area contributed by atoms with Gasteiger partial charge < -0.3 is 14.7 Å². The molecule has 0 spiro atoms. The molecule has 4 aliphatic rings. The van der Waals surface area contributed by atoms with Gasteiger partial charge in [-0.2, -0.15) is 0 Å². The zero-order chi connectivity index (χ0) is 27.0. The first-order valence-electron chi connectivity index (χ1n) is 17.0. The Bertz CT molecular complexity index is 675. The SMILES string of the molecule is CCOC(=O)C(C)(C)C1CCC(CCCCN2CCC(C(O)(C3CCCCC3)C3CCCCC3)CC2)CC1. The van der Waals surface area contributed by atoms with Crippen molar-refractivity contribution in [3.05, 3.63) is 0 Å². The van der Waals surface area contributed by atoms with Crippen LogP contribution in [0.25, 0.3) is 0 Å². The van der Waals surface area contributed by atoms with Crippen LogP contribution in [0.2, 0.25) is 0 Å². The maximum absolute atomic E-state index is 12.4. The van der Waals surface area contributed by atoms with Crippen LogP contribution in [0.15, 0.2) is 0 Å². The molecule has 38 heavy (non-hydrogen) atoms. The van der Waals surface area contributed by atoms with Gasteiger partial charge in [0.1, 0.15) is 0 Å². The molecule has 0 bridgehead atoms. The number of aliphatic hydroxyl groups is 1. The van der Waals surface area contributed by atoms with E-state index in [2.05, 4.69) is 18.7 Å². The maximum Gasteiger partial charge on any atom is 0.311 e. The highest BCUT2D eigenvalue weighted by atomic mass is 16.5. The highest BCUT2D eigenvalue weighted by Crippen LogP contribution is 2.49. The number of carbonyl (C=O) groups excluding carboxylic acids is 1. The lowest BCUT2D eigenvalue weighted by Crippen LogP contribution is -2.55. The van der Waals surface area contributed by atoms with Crippen LogP contribution in [-0.2, 0) is 9.53 Å². The standard InChI is InChI=1S/C34H61NO3/c1-4-38-32(36)33(2,3)28-20-18-27(19-21-28)13-11-12-24-35-25-22-31(23-26-35)34(37,29-14-7-5-8-15-29)30-16-9-6-10-17-30/h27-31,37H,4-26H2,1-3H3. The molecule has 4 nitrogen and oxygen atoms in total. The number of likely N-dealkylation sites (tertiary alicyclic amines) is 1. The lowest BCUT2D eigenvalue weighted by molar-refractivity contribution is -0.157. The number of carbonyl (C=O) groups is 1. The summed E-state index contributed by atoms with van der Waals surface area (Å²) in [6.07, 6.45) is 24.5. The van der Waals surface area contributed by atoms with Gasteiger partial charge in [0.25, 0.3) is 0 Å². The molecule has 3 saturated carbocycles. The Hall–Kier alpha value is -0.610. The summed E-state index contributed by atoms with van der Waals surface area (Å²) in [7, 11) is 0. The Balaban J connectivity index is 1.16. The van der Waals surface area contributed by atoms with E-state index in [9.17, 15) is 9.90 Å². The molecule has 1 heterocycles. The smallest absolute Gasteiger partial charge is 0.311 e. The molecule has 1 N–H and O–H groups in total. The van der Waals surface area contributed by atoms with E-state index >= 15 is 0 Å². The molecule has 0 aromatic rings. The average molecular weight is 532 g/mol. The van der Waals surface area contributed by atoms with Crippen molar-refractivity contribution in [3.63, 3.8) is 0 Å². The zero-order valence-electron chi connectivity index (χ0n) is 25.4. The summed E-state index contributed by atoms with van der Waals surface area (Å²) >= 11 is 0. The first kappa shape index (κ1) is 30.4.